The van der Waals surface area contributed by atoms with Gasteiger partial charge in [0.05, 0.1) is 24.5 Å². The van der Waals surface area contributed by atoms with Crippen molar-refractivity contribution >= 4 is 11.6 Å². The number of nitrogens with one attached hydrogen (secondary N) is 2. The zero-order valence-electron chi connectivity index (χ0n) is 20.4. The summed E-state index contributed by atoms with van der Waals surface area (Å²) in [7, 11) is 1.67. The summed E-state index contributed by atoms with van der Waals surface area (Å²) < 4.78 is 7.23. The van der Waals surface area contributed by atoms with Crippen molar-refractivity contribution < 1.29 is 9.53 Å². The van der Waals surface area contributed by atoms with E-state index >= 15 is 0 Å². The molecule has 6 nitrogen and oxygen atoms in total. The topological polar surface area (TPSA) is 68.2 Å². The van der Waals surface area contributed by atoms with E-state index in [9.17, 15) is 4.79 Å². The normalized spacial score (nSPS) is 11.9. The maximum atomic E-state index is 12.2. The maximum absolute atomic E-state index is 12.2. The minimum atomic E-state index is -0.0313. The molecule has 0 fully saturated rings. The number of hydrogen-bond acceptors (Lipinski definition) is 4. The average Bonchev–Trinajstić information content (AvgIpc) is 3.27. The fourth-order valence-corrected chi connectivity index (χ4v) is 3.85. The molecule has 0 bridgehead atoms. The molecule has 0 saturated heterocycles. The number of aryl methyl sites for hydroxylation is 1. The molecule has 1 unspecified atom stereocenters. The molecule has 1 heterocycles. The Bertz CT molecular complexity index is 1020. The van der Waals surface area contributed by atoms with E-state index in [1.807, 2.05) is 60.1 Å². The van der Waals surface area contributed by atoms with Crippen LogP contribution in [0.5, 0.6) is 5.75 Å². The second-order valence-electron chi connectivity index (χ2n) is 8.69. The molecule has 1 aromatic heterocycles. The summed E-state index contributed by atoms with van der Waals surface area (Å²) in [5.74, 6) is 1.31. The van der Waals surface area contributed by atoms with Crippen molar-refractivity contribution in [2.75, 3.05) is 19.0 Å². The smallest absolute Gasteiger partial charge is 0.251 e. The summed E-state index contributed by atoms with van der Waals surface area (Å²) >= 11 is 0. The number of carbonyl (C=O) groups is 1. The molecule has 2 aromatic carbocycles. The van der Waals surface area contributed by atoms with Crippen molar-refractivity contribution in [1.29, 1.82) is 0 Å². The molecule has 1 amide bonds. The van der Waals surface area contributed by atoms with Gasteiger partial charge in [-0.1, -0.05) is 27.7 Å². The number of ether oxygens (including phenoxy) is 1. The maximum Gasteiger partial charge on any atom is 0.251 e. The minimum Gasteiger partial charge on any atom is -0.497 e. The second kappa shape index (κ2) is 11.5. The van der Waals surface area contributed by atoms with Crippen LogP contribution in [0, 0.1) is 5.92 Å². The van der Waals surface area contributed by atoms with Crippen LogP contribution in [-0.2, 0) is 6.42 Å². The Morgan fingerprint density at radius 1 is 1.06 bits per heavy atom. The first-order valence-corrected chi connectivity index (χ1v) is 11.8. The van der Waals surface area contributed by atoms with Crippen molar-refractivity contribution in [2.24, 2.45) is 5.92 Å². The van der Waals surface area contributed by atoms with Gasteiger partial charge in [0.1, 0.15) is 5.75 Å². The largest absolute Gasteiger partial charge is 0.497 e. The summed E-state index contributed by atoms with van der Waals surface area (Å²) in [6.45, 7) is 9.34. The zero-order valence-corrected chi connectivity index (χ0v) is 20.4. The number of aromatic nitrogens is 2. The van der Waals surface area contributed by atoms with Crippen LogP contribution in [0.15, 0.2) is 54.7 Å². The first kappa shape index (κ1) is 24.4. The Labute approximate surface area is 197 Å². The van der Waals surface area contributed by atoms with Gasteiger partial charge in [0.15, 0.2) is 0 Å². The van der Waals surface area contributed by atoms with Crippen molar-refractivity contribution in [3.8, 4) is 11.4 Å². The fourth-order valence-electron chi connectivity index (χ4n) is 3.85. The van der Waals surface area contributed by atoms with E-state index in [1.54, 1.807) is 7.11 Å². The van der Waals surface area contributed by atoms with Crippen LogP contribution in [0.3, 0.4) is 0 Å². The summed E-state index contributed by atoms with van der Waals surface area (Å²) in [5, 5.41) is 11.5. The Balaban J connectivity index is 1.85. The highest BCUT2D eigenvalue weighted by molar-refractivity contribution is 5.94. The Morgan fingerprint density at radius 2 is 1.76 bits per heavy atom. The van der Waals surface area contributed by atoms with E-state index in [0.29, 0.717) is 18.0 Å². The average molecular weight is 449 g/mol. The van der Waals surface area contributed by atoms with E-state index in [-0.39, 0.29) is 11.9 Å². The predicted octanol–water partition coefficient (Wildman–Crippen LogP) is 5.78. The number of carbonyl (C=O) groups excluding carboxylic acids is 1. The molecule has 0 aliphatic heterocycles. The number of amides is 1. The molecule has 33 heavy (non-hydrogen) atoms. The Kier molecular flexibility index (Phi) is 8.52. The van der Waals surface area contributed by atoms with Gasteiger partial charge in [0, 0.05) is 29.6 Å². The van der Waals surface area contributed by atoms with E-state index in [4.69, 9.17) is 9.84 Å². The third-order valence-corrected chi connectivity index (χ3v) is 5.60. The van der Waals surface area contributed by atoms with E-state index in [2.05, 4.69) is 37.6 Å². The molecule has 176 valence electrons. The van der Waals surface area contributed by atoms with Gasteiger partial charge >= 0.3 is 0 Å². The lowest BCUT2D eigenvalue weighted by molar-refractivity contribution is 0.0953. The van der Waals surface area contributed by atoms with Crippen LogP contribution >= 0.6 is 0 Å². The van der Waals surface area contributed by atoms with Crippen molar-refractivity contribution in [3.05, 3.63) is 71.5 Å². The molecule has 2 N–H and O–H groups in total. The third-order valence-electron chi connectivity index (χ3n) is 5.60. The molecule has 0 spiro atoms. The number of benzene rings is 2. The Morgan fingerprint density at radius 3 is 2.33 bits per heavy atom. The van der Waals surface area contributed by atoms with Crippen LogP contribution in [-0.4, -0.2) is 29.3 Å². The number of nitrogens with zero attached hydrogens (tertiary/aromatic N) is 2. The molecule has 0 aliphatic rings. The van der Waals surface area contributed by atoms with Crippen LogP contribution in [0.2, 0.25) is 0 Å². The van der Waals surface area contributed by atoms with Gasteiger partial charge in [-0.3, -0.25) is 4.79 Å². The molecule has 1 atom stereocenters. The highest BCUT2D eigenvalue weighted by Crippen LogP contribution is 2.30. The molecule has 0 aliphatic carbocycles. The summed E-state index contributed by atoms with van der Waals surface area (Å²) in [6.07, 6.45) is 4.88. The monoisotopic (exact) mass is 448 g/mol. The van der Waals surface area contributed by atoms with Gasteiger partial charge in [-0.25, -0.2) is 4.68 Å². The van der Waals surface area contributed by atoms with E-state index in [1.165, 1.54) is 5.56 Å². The highest BCUT2D eigenvalue weighted by atomic mass is 16.5. The number of methoxy groups -OCH3 is 1. The lowest BCUT2D eigenvalue weighted by Gasteiger charge is -2.22. The summed E-state index contributed by atoms with van der Waals surface area (Å²) in [5.41, 5.74) is 4.96. The number of rotatable bonds is 11. The molecule has 0 saturated carbocycles. The van der Waals surface area contributed by atoms with Crippen LogP contribution in [0.4, 0.5) is 5.69 Å². The SMILES string of the molecule is CCCNC(=O)c1ccc(NC(CC(C)C)c2cn(-c3ccc(OC)cc3)nc2CC)cc1. The first-order valence-electron chi connectivity index (χ1n) is 11.8. The summed E-state index contributed by atoms with van der Waals surface area (Å²) in [4.78, 5) is 12.2. The van der Waals surface area contributed by atoms with Crippen LogP contribution in [0.25, 0.3) is 5.69 Å². The zero-order chi connectivity index (χ0) is 23.8. The quantitative estimate of drug-likeness (QED) is 0.390. The molecule has 0 radical (unpaired) electrons. The third kappa shape index (κ3) is 6.37. The number of anilines is 1. The first-order chi connectivity index (χ1) is 15.9. The van der Waals surface area contributed by atoms with Crippen molar-refractivity contribution in [2.45, 2.75) is 53.0 Å². The van der Waals surface area contributed by atoms with Gasteiger partial charge < -0.3 is 15.4 Å². The minimum absolute atomic E-state index is 0.0313. The number of hydrogen-bond donors (Lipinski definition) is 2. The van der Waals surface area contributed by atoms with Crippen molar-refractivity contribution in [1.82, 2.24) is 15.1 Å². The lowest BCUT2D eigenvalue weighted by atomic mass is 9.96. The molecule has 3 aromatic rings. The molecular formula is C27H36N4O2. The molecular weight excluding hydrogens is 412 g/mol. The van der Waals surface area contributed by atoms with Gasteiger partial charge in [-0.15, -0.1) is 0 Å². The van der Waals surface area contributed by atoms with Crippen molar-refractivity contribution in [3.63, 3.8) is 0 Å². The predicted molar refractivity (Wildman–Crippen MR) is 134 cm³/mol. The van der Waals surface area contributed by atoms with E-state index < -0.39 is 0 Å². The highest BCUT2D eigenvalue weighted by Gasteiger charge is 2.20. The van der Waals surface area contributed by atoms with Gasteiger partial charge in [0.25, 0.3) is 5.91 Å². The molecule has 6 heteroatoms. The van der Waals surface area contributed by atoms with Gasteiger partial charge in [0.2, 0.25) is 0 Å². The van der Waals surface area contributed by atoms with Gasteiger partial charge in [-0.05, 0) is 73.7 Å². The van der Waals surface area contributed by atoms with Crippen LogP contribution in [0.1, 0.15) is 68.2 Å². The molecule has 3 rings (SSSR count). The van der Waals surface area contributed by atoms with Gasteiger partial charge in [-0.2, -0.15) is 5.10 Å². The van der Waals surface area contributed by atoms with E-state index in [0.717, 1.165) is 42.1 Å². The fraction of sp³-hybridized carbons (Fsp3) is 0.407. The second-order valence-corrected chi connectivity index (χ2v) is 8.69. The van der Waals surface area contributed by atoms with Crippen LogP contribution < -0.4 is 15.4 Å². The lowest BCUT2D eigenvalue weighted by Crippen LogP contribution is -2.23. The summed E-state index contributed by atoms with van der Waals surface area (Å²) in [6, 6.07) is 15.8. The Hall–Kier alpha value is -3.28. The standard InChI is InChI=1S/C27H36N4O2/c1-6-16-28-27(32)20-8-10-21(11-9-20)29-26(17-19(3)4)24-18-31(30-25(24)7-2)22-12-14-23(33-5)15-13-22/h8-15,18-19,26,29H,6-7,16-17H2,1-5H3,(H,28,32).